The lowest BCUT2D eigenvalue weighted by Gasteiger charge is -2.50. The molecule has 2 aliphatic heterocycles. The number of carbonyl (C=O) groups is 2. The molecular formula is C22H34N4O4. The van der Waals surface area contributed by atoms with E-state index in [2.05, 4.69) is 15.5 Å². The van der Waals surface area contributed by atoms with Crippen LogP contribution < -0.4 is 10.6 Å². The summed E-state index contributed by atoms with van der Waals surface area (Å²) in [4.78, 5) is 29.4. The maximum Gasteiger partial charge on any atom is 0.289 e. The zero-order valence-electron chi connectivity index (χ0n) is 18.1. The third kappa shape index (κ3) is 4.26. The van der Waals surface area contributed by atoms with Gasteiger partial charge in [-0.15, -0.1) is 0 Å². The second kappa shape index (κ2) is 9.08. The smallest absolute Gasteiger partial charge is 0.289 e. The number of piperidine rings is 1. The number of hydrogen-bond donors (Lipinski definition) is 2. The molecule has 0 unspecified atom stereocenters. The van der Waals surface area contributed by atoms with Crippen molar-refractivity contribution in [3.8, 4) is 0 Å². The predicted molar refractivity (Wildman–Crippen MR) is 112 cm³/mol. The Morgan fingerprint density at radius 2 is 2.07 bits per heavy atom. The highest BCUT2D eigenvalue weighted by atomic mass is 16.5. The molecule has 1 saturated carbocycles. The van der Waals surface area contributed by atoms with Crippen molar-refractivity contribution >= 4 is 11.8 Å². The molecule has 0 spiro atoms. The molecule has 0 bridgehead atoms. The zero-order valence-corrected chi connectivity index (χ0v) is 18.1. The standard InChI is InChI=1S/C22H34N4O4/c1-25(2)20(27)19-4-3-18(30-19)14-24-21(28)22-7-5-17(26-9-11-29-12-10-26)13-16(22)6-8-23-15-22/h3-4,16-17,23H,5-15H2,1-2H3,(H,24,28)/t16-,17-,22-/m1/s1. The number of furan rings is 1. The van der Waals surface area contributed by atoms with E-state index in [0.29, 0.717) is 30.0 Å². The third-order valence-electron chi connectivity index (χ3n) is 7.09. The topological polar surface area (TPSA) is 87.1 Å². The normalized spacial score (nSPS) is 29.8. The van der Waals surface area contributed by atoms with E-state index in [1.807, 2.05) is 0 Å². The minimum atomic E-state index is -0.351. The Morgan fingerprint density at radius 3 is 2.83 bits per heavy atom. The first-order valence-electron chi connectivity index (χ1n) is 11.1. The van der Waals surface area contributed by atoms with Crippen LogP contribution in [0.25, 0.3) is 0 Å². The number of amides is 2. The fraction of sp³-hybridized carbons (Fsp3) is 0.727. The van der Waals surface area contributed by atoms with Gasteiger partial charge in [-0.3, -0.25) is 14.5 Å². The average Bonchev–Trinajstić information content (AvgIpc) is 3.26. The van der Waals surface area contributed by atoms with Crippen molar-refractivity contribution in [3.05, 3.63) is 23.7 Å². The lowest BCUT2D eigenvalue weighted by atomic mass is 9.61. The first-order chi connectivity index (χ1) is 14.5. The van der Waals surface area contributed by atoms with Gasteiger partial charge < -0.3 is 24.7 Å². The van der Waals surface area contributed by atoms with Crippen LogP contribution in [0.5, 0.6) is 0 Å². The van der Waals surface area contributed by atoms with Crippen LogP contribution in [0.2, 0.25) is 0 Å². The van der Waals surface area contributed by atoms with Crippen molar-refractivity contribution in [2.45, 2.75) is 38.3 Å². The van der Waals surface area contributed by atoms with E-state index in [0.717, 1.165) is 65.1 Å². The molecule has 4 rings (SSSR count). The van der Waals surface area contributed by atoms with Gasteiger partial charge in [0.05, 0.1) is 25.2 Å². The number of nitrogens with zero attached hydrogens (tertiary/aromatic N) is 2. The summed E-state index contributed by atoms with van der Waals surface area (Å²) >= 11 is 0. The van der Waals surface area contributed by atoms with Gasteiger partial charge in [-0.25, -0.2) is 0 Å². The summed E-state index contributed by atoms with van der Waals surface area (Å²) in [6, 6.07) is 3.99. The van der Waals surface area contributed by atoms with E-state index in [1.54, 1.807) is 26.2 Å². The summed E-state index contributed by atoms with van der Waals surface area (Å²) < 4.78 is 11.1. The highest BCUT2D eigenvalue weighted by Gasteiger charge is 2.50. The molecule has 166 valence electrons. The Bertz CT molecular complexity index is 758. The quantitative estimate of drug-likeness (QED) is 0.744. The Kier molecular flexibility index (Phi) is 6.46. The van der Waals surface area contributed by atoms with Gasteiger partial charge in [-0.05, 0) is 50.3 Å². The van der Waals surface area contributed by atoms with Crippen molar-refractivity contribution in [1.82, 2.24) is 20.4 Å². The van der Waals surface area contributed by atoms with Crippen molar-refractivity contribution < 1.29 is 18.7 Å². The molecule has 0 radical (unpaired) electrons. The van der Waals surface area contributed by atoms with Crippen LogP contribution >= 0.6 is 0 Å². The summed E-state index contributed by atoms with van der Waals surface area (Å²) in [5.41, 5.74) is -0.351. The van der Waals surface area contributed by atoms with Crippen molar-refractivity contribution in [2.24, 2.45) is 11.3 Å². The fourth-order valence-electron chi connectivity index (χ4n) is 5.32. The van der Waals surface area contributed by atoms with E-state index in [-0.39, 0.29) is 17.2 Å². The predicted octanol–water partition coefficient (Wildman–Crippen LogP) is 1.08. The van der Waals surface area contributed by atoms with Crippen LogP contribution in [0.15, 0.2) is 16.5 Å². The number of rotatable bonds is 5. The second-order valence-corrected chi connectivity index (χ2v) is 9.04. The number of ether oxygens (including phenoxy) is 1. The van der Waals surface area contributed by atoms with Gasteiger partial charge >= 0.3 is 0 Å². The fourth-order valence-corrected chi connectivity index (χ4v) is 5.32. The van der Waals surface area contributed by atoms with Crippen LogP contribution in [0, 0.1) is 11.3 Å². The summed E-state index contributed by atoms with van der Waals surface area (Å²) in [7, 11) is 3.38. The Hall–Kier alpha value is -1.90. The molecule has 1 aromatic rings. The minimum absolute atomic E-state index is 0.108. The number of carbonyl (C=O) groups excluding carboxylic acids is 2. The van der Waals surface area contributed by atoms with Gasteiger partial charge in [0.25, 0.3) is 5.91 Å². The highest BCUT2D eigenvalue weighted by Crippen LogP contribution is 2.46. The maximum atomic E-state index is 13.4. The SMILES string of the molecule is CN(C)C(=O)c1ccc(CNC(=O)[C@@]23CC[C@@H](N4CCOCC4)C[C@H]2CCNC3)o1. The van der Waals surface area contributed by atoms with E-state index in [4.69, 9.17) is 9.15 Å². The molecule has 1 aliphatic carbocycles. The third-order valence-corrected chi connectivity index (χ3v) is 7.09. The Labute approximate surface area is 178 Å². The molecule has 0 aromatic carbocycles. The van der Waals surface area contributed by atoms with Crippen LogP contribution in [-0.4, -0.2) is 81.1 Å². The first kappa shape index (κ1) is 21.3. The largest absolute Gasteiger partial charge is 0.454 e. The van der Waals surface area contributed by atoms with Gasteiger partial charge in [0.1, 0.15) is 5.76 Å². The van der Waals surface area contributed by atoms with Crippen LogP contribution in [0.1, 0.15) is 42.0 Å². The number of nitrogens with one attached hydrogen (secondary N) is 2. The van der Waals surface area contributed by atoms with Crippen molar-refractivity contribution in [3.63, 3.8) is 0 Å². The highest BCUT2D eigenvalue weighted by molar-refractivity contribution is 5.91. The lowest BCUT2D eigenvalue weighted by molar-refractivity contribution is -0.140. The number of fused-ring (bicyclic) bond motifs is 1. The molecule has 2 amide bonds. The molecule has 2 saturated heterocycles. The van der Waals surface area contributed by atoms with Crippen LogP contribution in [0.3, 0.4) is 0 Å². The van der Waals surface area contributed by atoms with Crippen molar-refractivity contribution in [2.75, 3.05) is 53.5 Å². The first-order valence-corrected chi connectivity index (χ1v) is 11.1. The van der Waals surface area contributed by atoms with E-state index in [9.17, 15) is 9.59 Å². The van der Waals surface area contributed by atoms with E-state index in [1.165, 1.54) is 4.90 Å². The van der Waals surface area contributed by atoms with E-state index < -0.39 is 0 Å². The zero-order chi connectivity index (χ0) is 21.1. The van der Waals surface area contributed by atoms with Gasteiger partial charge in [0, 0.05) is 39.8 Å². The molecule has 2 N–H and O–H groups in total. The molecule has 1 aromatic heterocycles. The monoisotopic (exact) mass is 418 g/mol. The van der Waals surface area contributed by atoms with Gasteiger partial charge in [0.2, 0.25) is 5.91 Å². The molecular weight excluding hydrogens is 384 g/mol. The molecule has 3 atom stereocenters. The van der Waals surface area contributed by atoms with E-state index >= 15 is 0 Å². The summed E-state index contributed by atoms with van der Waals surface area (Å²) in [6.07, 6.45) is 4.07. The summed E-state index contributed by atoms with van der Waals surface area (Å²) in [6.45, 7) is 5.65. The summed E-state index contributed by atoms with van der Waals surface area (Å²) in [5.74, 6) is 1.22. The second-order valence-electron chi connectivity index (χ2n) is 9.04. The molecule has 8 nitrogen and oxygen atoms in total. The van der Waals surface area contributed by atoms with Crippen LogP contribution in [0.4, 0.5) is 0 Å². The average molecular weight is 419 g/mol. The molecule has 8 heteroatoms. The van der Waals surface area contributed by atoms with Gasteiger partial charge in [-0.2, -0.15) is 0 Å². The Balaban J connectivity index is 1.39. The Morgan fingerprint density at radius 1 is 1.27 bits per heavy atom. The molecule has 3 fully saturated rings. The van der Waals surface area contributed by atoms with Gasteiger partial charge in [-0.1, -0.05) is 0 Å². The molecule has 3 aliphatic rings. The molecule has 30 heavy (non-hydrogen) atoms. The number of hydrogen-bond acceptors (Lipinski definition) is 6. The van der Waals surface area contributed by atoms with Gasteiger partial charge in [0.15, 0.2) is 5.76 Å². The maximum absolute atomic E-state index is 13.4. The summed E-state index contributed by atoms with van der Waals surface area (Å²) in [5, 5.41) is 6.56. The van der Waals surface area contributed by atoms with Crippen LogP contribution in [-0.2, 0) is 16.1 Å². The number of morpholine rings is 1. The minimum Gasteiger partial charge on any atom is -0.454 e. The molecule has 3 heterocycles. The van der Waals surface area contributed by atoms with Crippen molar-refractivity contribution in [1.29, 1.82) is 0 Å². The lowest BCUT2D eigenvalue weighted by Crippen LogP contribution is -2.60.